The van der Waals surface area contributed by atoms with Gasteiger partial charge in [0, 0.05) is 18.2 Å². The second-order valence-corrected chi connectivity index (χ2v) is 21.1. The highest BCUT2D eigenvalue weighted by atomic mass is 16.6. The first-order chi connectivity index (χ1) is 43.0. The van der Waals surface area contributed by atoms with Gasteiger partial charge in [-0.1, -0.05) is 110 Å². The van der Waals surface area contributed by atoms with Gasteiger partial charge in [0.1, 0.15) is 34.3 Å². The summed E-state index contributed by atoms with van der Waals surface area (Å²) in [6, 6.07) is 24.1. The topological polar surface area (TPSA) is 212 Å². The van der Waals surface area contributed by atoms with Crippen LogP contribution in [0.2, 0.25) is 0 Å². The summed E-state index contributed by atoms with van der Waals surface area (Å²) in [7, 11) is 0. The molecule has 0 aromatic heterocycles. The first-order valence-electron chi connectivity index (χ1n) is 31.5. The third-order valence-electron chi connectivity index (χ3n) is 14.0. The van der Waals surface area contributed by atoms with Gasteiger partial charge in [0.05, 0.1) is 69.5 Å². The van der Waals surface area contributed by atoms with Crippen molar-refractivity contribution in [1.82, 2.24) is 0 Å². The number of hydrogen-bond donors (Lipinski definition) is 0. The highest BCUT2D eigenvalue weighted by molar-refractivity contribution is 5.97. The molecule has 0 aliphatic carbocycles. The summed E-state index contributed by atoms with van der Waals surface area (Å²) in [5, 5.41) is 0. The van der Waals surface area contributed by atoms with E-state index < -0.39 is 29.8 Å². The minimum Gasteiger partial charge on any atom is -0.494 e. The average Bonchev–Trinajstić information content (AvgIpc) is 3.71. The number of unbranched alkanes of at least 4 members (excludes halogenated alkanes) is 22. The second kappa shape index (κ2) is 46.0. The number of hydrogen-bond acceptors (Lipinski definition) is 17. The van der Waals surface area contributed by atoms with Crippen molar-refractivity contribution >= 4 is 41.8 Å². The molecule has 17 nitrogen and oxygen atoms in total. The molecule has 0 aliphatic rings. The molecule has 0 atom stereocenters. The fourth-order valence-corrected chi connectivity index (χ4v) is 8.96. The van der Waals surface area contributed by atoms with Gasteiger partial charge in [-0.25, -0.2) is 33.6 Å². The molecule has 88 heavy (non-hydrogen) atoms. The Bertz CT molecular complexity index is 2700. The first-order valence-corrected chi connectivity index (χ1v) is 31.5. The fraction of sp³-hybridized carbons (Fsp3) is 0.479. The van der Waals surface area contributed by atoms with Gasteiger partial charge in [-0.05, 0) is 168 Å². The second-order valence-electron chi connectivity index (χ2n) is 21.1. The third kappa shape index (κ3) is 32.5. The molecule has 0 radical (unpaired) electrons. The van der Waals surface area contributed by atoms with Gasteiger partial charge in [-0.15, -0.1) is 0 Å². The average molecular weight is 1220 g/mol. The summed E-state index contributed by atoms with van der Waals surface area (Å²) < 4.78 is 55.3. The highest BCUT2D eigenvalue weighted by Crippen LogP contribution is 2.28. The Balaban J connectivity index is 1.21. The lowest BCUT2D eigenvalue weighted by atomic mass is 10.1. The Hall–Kier alpha value is -8.21. The van der Waals surface area contributed by atoms with Gasteiger partial charge < -0.3 is 47.4 Å². The number of esters is 7. The quantitative estimate of drug-likeness (QED) is 0.0132. The van der Waals surface area contributed by atoms with E-state index in [1.165, 1.54) is 30.4 Å². The van der Waals surface area contributed by atoms with Crippen LogP contribution in [-0.4, -0.2) is 94.6 Å². The third-order valence-corrected chi connectivity index (χ3v) is 14.0. The fourth-order valence-electron chi connectivity index (χ4n) is 8.96. The Morgan fingerprint density at radius 2 is 0.534 bits per heavy atom. The number of carbonyl (C=O) groups is 7. The van der Waals surface area contributed by atoms with E-state index >= 15 is 0 Å². The summed E-state index contributed by atoms with van der Waals surface area (Å²) in [4.78, 5) is 86.7. The monoisotopic (exact) mass is 1220 g/mol. The molecule has 0 spiro atoms. The lowest BCUT2D eigenvalue weighted by molar-refractivity contribution is -0.138. The molecule has 4 rings (SSSR count). The zero-order valence-corrected chi connectivity index (χ0v) is 51.5. The van der Waals surface area contributed by atoms with Crippen molar-refractivity contribution in [3.8, 4) is 28.7 Å². The molecule has 4 aromatic carbocycles. The molecule has 478 valence electrons. The van der Waals surface area contributed by atoms with Crippen LogP contribution in [0.15, 0.2) is 129 Å². The normalized spacial score (nSPS) is 10.7. The summed E-state index contributed by atoms with van der Waals surface area (Å²) in [5.41, 5.74) is 0.782. The minimum absolute atomic E-state index is 0.0340. The lowest BCUT2D eigenvalue weighted by Gasteiger charge is -2.13. The van der Waals surface area contributed by atoms with E-state index in [1.54, 1.807) is 72.8 Å². The molecule has 0 heterocycles. The Morgan fingerprint density at radius 3 is 0.864 bits per heavy atom. The molecule has 4 aromatic rings. The van der Waals surface area contributed by atoms with Crippen molar-refractivity contribution < 1.29 is 80.9 Å². The minimum atomic E-state index is -0.782. The van der Waals surface area contributed by atoms with E-state index in [9.17, 15) is 33.6 Å². The van der Waals surface area contributed by atoms with Crippen molar-refractivity contribution in [2.75, 3.05) is 52.9 Å². The van der Waals surface area contributed by atoms with Gasteiger partial charge in [-0.3, -0.25) is 0 Å². The maximum absolute atomic E-state index is 13.7. The van der Waals surface area contributed by atoms with Gasteiger partial charge >= 0.3 is 41.8 Å². The van der Waals surface area contributed by atoms with Gasteiger partial charge in [0.15, 0.2) is 0 Å². The first kappa shape index (κ1) is 72.3. The summed E-state index contributed by atoms with van der Waals surface area (Å²) >= 11 is 0. The Morgan fingerprint density at radius 1 is 0.273 bits per heavy atom. The molecule has 0 N–H and O–H groups in total. The van der Waals surface area contributed by atoms with Crippen molar-refractivity contribution in [3.05, 3.63) is 151 Å². The van der Waals surface area contributed by atoms with Crippen LogP contribution in [0.5, 0.6) is 28.7 Å². The number of rotatable bonds is 50. The molecule has 0 bridgehead atoms. The van der Waals surface area contributed by atoms with E-state index in [1.807, 2.05) is 0 Å². The van der Waals surface area contributed by atoms with Crippen LogP contribution < -0.4 is 23.7 Å². The van der Waals surface area contributed by atoms with Crippen molar-refractivity contribution in [2.24, 2.45) is 0 Å². The van der Waals surface area contributed by atoms with E-state index in [2.05, 4.69) is 19.7 Å². The van der Waals surface area contributed by atoms with E-state index in [-0.39, 0.29) is 53.3 Å². The summed E-state index contributed by atoms with van der Waals surface area (Å²) in [6.45, 7) is 13.3. The molecule has 0 saturated heterocycles. The van der Waals surface area contributed by atoms with Crippen molar-refractivity contribution in [1.29, 1.82) is 0 Å². The predicted molar refractivity (Wildman–Crippen MR) is 336 cm³/mol. The molecular formula is C71H92O17. The van der Waals surface area contributed by atoms with Crippen molar-refractivity contribution in [2.45, 2.75) is 167 Å². The molecule has 0 fully saturated rings. The molecular weight excluding hydrogens is 1120 g/mol. The van der Waals surface area contributed by atoms with Crippen LogP contribution >= 0.6 is 0 Å². The van der Waals surface area contributed by atoms with Crippen LogP contribution in [-0.2, 0) is 38.1 Å². The van der Waals surface area contributed by atoms with Crippen LogP contribution in [0, 0.1) is 0 Å². The van der Waals surface area contributed by atoms with Gasteiger partial charge in [-0.2, -0.15) is 0 Å². The number of benzene rings is 4. The smallest absolute Gasteiger partial charge is 0.343 e. The van der Waals surface area contributed by atoms with Gasteiger partial charge in [0.25, 0.3) is 0 Å². The van der Waals surface area contributed by atoms with E-state index in [0.29, 0.717) is 88.1 Å². The predicted octanol–water partition coefficient (Wildman–Crippen LogP) is 15.6. The Labute approximate surface area is 520 Å². The summed E-state index contributed by atoms with van der Waals surface area (Å²) in [5.74, 6) is -1.96. The largest absolute Gasteiger partial charge is 0.494 e. The Kier molecular flexibility index (Phi) is 37.8. The van der Waals surface area contributed by atoms with Crippen LogP contribution in [0.3, 0.4) is 0 Å². The van der Waals surface area contributed by atoms with Crippen molar-refractivity contribution in [3.63, 3.8) is 0 Å². The molecule has 0 aliphatic heterocycles. The van der Waals surface area contributed by atoms with Crippen LogP contribution in [0.4, 0.5) is 0 Å². The van der Waals surface area contributed by atoms with E-state index in [0.717, 1.165) is 147 Å². The molecule has 0 saturated carbocycles. The summed E-state index contributed by atoms with van der Waals surface area (Å²) in [6.07, 6.45) is 28.5. The number of ether oxygens (including phenoxy) is 10. The number of carbonyl (C=O) groups excluding carboxylic acids is 7. The zero-order valence-electron chi connectivity index (χ0n) is 51.5. The lowest BCUT2D eigenvalue weighted by Crippen LogP contribution is -2.15. The maximum Gasteiger partial charge on any atom is 0.343 e. The molecule has 0 unspecified atom stereocenters. The molecule has 0 amide bonds. The van der Waals surface area contributed by atoms with Crippen LogP contribution in [0.1, 0.15) is 208 Å². The molecule has 17 heteroatoms. The highest BCUT2D eigenvalue weighted by Gasteiger charge is 2.21. The van der Waals surface area contributed by atoms with E-state index in [4.69, 9.17) is 47.4 Å². The maximum atomic E-state index is 13.7. The van der Waals surface area contributed by atoms with Crippen LogP contribution in [0.25, 0.3) is 0 Å². The zero-order chi connectivity index (χ0) is 63.1. The SMILES string of the molecule is C=CC(=O)OCCCCCCCCCCCOc1ccc(C(=O)Oc2ccc(OC(=O)c3ccc(OCCCCCCCCCCCOC(=O)C=C)cc3)c(C(=O)OCCCCCCOC(=O)c3ccc(OCCCCCCOC(=O)C=C)cc3)c2)cc1. The standard InChI is InChI=1S/C71H92O17/c1-4-65(72)82-50-28-19-15-11-7-9-13-17-25-47-79-60-41-35-57(36-42-60)69(76)87-62-45-46-64(88-70(77)58-37-43-61(44-38-58)80-48-26-18-14-10-8-12-16-20-29-51-83-66(73)5-2)63(55-62)71(78)86-54-32-24-23-31-53-85-68(75)56-33-39-59(40-34-56)81-49-27-21-22-30-52-84-67(74)6-3/h4-6,33-46,55H,1-3,7-32,47-54H2. The van der Waals surface area contributed by atoms with Gasteiger partial charge in [0.2, 0.25) is 0 Å².